The average Bonchev–Trinajstić information content (AvgIpc) is 3.17. The highest BCUT2D eigenvalue weighted by molar-refractivity contribution is 5.95. The van der Waals surface area contributed by atoms with E-state index in [4.69, 9.17) is 14.2 Å². The lowest BCUT2D eigenvalue weighted by Crippen LogP contribution is -2.40. The van der Waals surface area contributed by atoms with Gasteiger partial charge < -0.3 is 18.8 Å². The summed E-state index contributed by atoms with van der Waals surface area (Å²) in [5.41, 5.74) is 1.70. The summed E-state index contributed by atoms with van der Waals surface area (Å²) < 4.78 is 17.5. The van der Waals surface area contributed by atoms with Crippen LogP contribution in [0.2, 0.25) is 0 Å². The number of nitrogens with zero attached hydrogens (tertiary/aromatic N) is 3. The molecular weight excluding hydrogens is 388 g/mol. The molecule has 9 heteroatoms. The summed E-state index contributed by atoms with van der Waals surface area (Å²) in [4.78, 5) is 26.8. The molecule has 1 N–H and O–H groups in total. The zero-order valence-corrected chi connectivity index (χ0v) is 17.0. The number of fused-ring (bicyclic) bond motifs is 1. The molecule has 3 aliphatic rings. The Balaban J connectivity index is 1.74. The van der Waals surface area contributed by atoms with E-state index in [1.54, 1.807) is 19.5 Å². The maximum absolute atomic E-state index is 12.3. The number of rotatable bonds is 6. The Morgan fingerprint density at radius 2 is 1.93 bits per heavy atom. The molecule has 1 saturated heterocycles. The fourth-order valence-corrected chi connectivity index (χ4v) is 3.80. The molecule has 0 amide bonds. The van der Waals surface area contributed by atoms with Crippen LogP contribution in [0.15, 0.2) is 41.5 Å². The molecular formula is C21H24N4O5. The topological polar surface area (TPSA) is 98.7 Å². The van der Waals surface area contributed by atoms with Gasteiger partial charge in [0.15, 0.2) is 0 Å². The van der Waals surface area contributed by atoms with Crippen LogP contribution in [0, 0.1) is 0 Å². The van der Waals surface area contributed by atoms with E-state index < -0.39 is 5.97 Å². The van der Waals surface area contributed by atoms with Crippen LogP contribution in [0.3, 0.4) is 0 Å². The molecule has 4 rings (SSSR count). The summed E-state index contributed by atoms with van der Waals surface area (Å²) in [6, 6.07) is 7.96. The minimum atomic E-state index is -0.534. The number of pyridine rings is 1. The van der Waals surface area contributed by atoms with Gasteiger partial charge in [-0.1, -0.05) is 12.1 Å². The number of H-pyrrole nitrogens is 1. The van der Waals surface area contributed by atoms with Crippen LogP contribution >= 0.6 is 0 Å². The molecule has 158 valence electrons. The number of esters is 1. The van der Waals surface area contributed by atoms with E-state index in [1.807, 2.05) is 28.8 Å². The Morgan fingerprint density at radius 1 is 1.20 bits per heavy atom. The van der Waals surface area contributed by atoms with Gasteiger partial charge in [0.1, 0.15) is 17.0 Å². The highest BCUT2D eigenvalue weighted by Gasteiger charge is 2.26. The van der Waals surface area contributed by atoms with Gasteiger partial charge in [-0.3, -0.25) is 9.69 Å². The van der Waals surface area contributed by atoms with Crippen LogP contribution in [-0.2, 0) is 16.0 Å². The van der Waals surface area contributed by atoms with E-state index >= 15 is 0 Å². The lowest BCUT2D eigenvalue weighted by Gasteiger charge is -2.35. The number of aromatic amines is 1. The Hall–Kier alpha value is -3.17. The number of methoxy groups -OCH3 is 2. The monoisotopic (exact) mass is 412 g/mol. The van der Waals surface area contributed by atoms with Crippen LogP contribution < -0.4 is 10.3 Å². The third-order valence-electron chi connectivity index (χ3n) is 5.39. The van der Waals surface area contributed by atoms with Crippen molar-refractivity contribution in [1.29, 1.82) is 0 Å². The summed E-state index contributed by atoms with van der Waals surface area (Å²) in [5.74, 6) is 0.254. The van der Waals surface area contributed by atoms with Crippen molar-refractivity contribution in [2.75, 3.05) is 40.5 Å². The van der Waals surface area contributed by atoms with E-state index in [9.17, 15) is 9.59 Å². The lowest BCUT2D eigenvalue weighted by molar-refractivity contribution is 0.0122. The molecule has 1 fully saturated rings. The first-order valence-corrected chi connectivity index (χ1v) is 9.73. The second kappa shape index (κ2) is 8.68. The van der Waals surface area contributed by atoms with Gasteiger partial charge in [-0.25, -0.2) is 9.89 Å². The first-order chi connectivity index (χ1) is 14.6. The summed E-state index contributed by atoms with van der Waals surface area (Å²) >= 11 is 0. The van der Waals surface area contributed by atoms with Crippen molar-refractivity contribution in [3.8, 4) is 17.0 Å². The quantitative estimate of drug-likeness (QED) is 0.613. The number of benzene rings is 1. The van der Waals surface area contributed by atoms with E-state index in [1.165, 1.54) is 7.11 Å². The molecule has 9 nitrogen and oxygen atoms in total. The Bertz CT molecular complexity index is 1040. The Labute approximate surface area is 173 Å². The number of hydrogen-bond donors (Lipinski definition) is 1. The Kier molecular flexibility index (Phi) is 5.82. The molecule has 30 heavy (non-hydrogen) atoms. The summed E-state index contributed by atoms with van der Waals surface area (Å²) in [7, 11) is 2.95. The fourth-order valence-electron chi connectivity index (χ4n) is 3.80. The van der Waals surface area contributed by atoms with Crippen molar-refractivity contribution in [2.45, 2.75) is 12.6 Å². The summed E-state index contributed by atoms with van der Waals surface area (Å²) in [6.45, 7) is 3.45. The molecule has 1 aromatic carbocycles. The van der Waals surface area contributed by atoms with Crippen molar-refractivity contribution in [3.63, 3.8) is 0 Å². The van der Waals surface area contributed by atoms with Gasteiger partial charge in [0.05, 0.1) is 39.0 Å². The number of ether oxygens (including phenoxy) is 3. The van der Waals surface area contributed by atoms with Crippen LogP contribution in [0.5, 0.6) is 5.75 Å². The highest BCUT2D eigenvalue weighted by Crippen LogP contribution is 2.28. The van der Waals surface area contributed by atoms with Crippen molar-refractivity contribution < 1.29 is 19.0 Å². The normalized spacial score (nSPS) is 15.8. The summed E-state index contributed by atoms with van der Waals surface area (Å²) in [5, 5.41) is 6.40. The molecule has 3 aliphatic heterocycles. The Morgan fingerprint density at radius 3 is 2.60 bits per heavy atom. The average molecular weight is 412 g/mol. The first kappa shape index (κ1) is 20.1. The van der Waals surface area contributed by atoms with E-state index in [0.29, 0.717) is 31.0 Å². The van der Waals surface area contributed by atoms with Crippen molar-refractivity contribution in [2.24, 2.45) is 0 Å². The second-order valence-electron chi connectivity index (χ2n) is 7.11. The molecule has 0 spiro atoms. The maximum Gasteiger partial charge on any atom is 0.341 e. The third-order valence-corrected chi connectivity index (χ3v) is 5.39. The first-order valence-electron chi connectivity index (χ1n) is 9.73. The minimum absolute atomic E-state index is 0.0229. The fraction of sp³-hybridized carbons (Fsp3) is 0.381. The standard InChI is InChI=1S/C21H24N4O5/c1-28-15-5-3-14(4-6-15)18(25-7-9-30-10-8-25)13-24-11-16-19(22-23-20(16)26)17(12-24)21(27)29-2/h3-6,11-12,18H,7-10,13H2,1-2H3,(H,23,26)/t18-/m0/s1. The smallest absolute Gasteiger partial charge is 0.341 e. The van der Waals surface area contributed by atoms with E-state index in [2.05, 4.69) is 15.1 Å². The predicted octanol–water partition coefficient (Wildman–Crippen LogP) is 1.54. The van der Waals surface area contributed by atoms with Gasteiger partial charge in [0.2, 0.25) is 0 Å². The third kappa shape index (κ3) is 3.94. The molecule has 0 unspecified atom stereocenters. The van der Waals surface area contributed by atoms with E-state index in [0.717, 1.165) is 24.4 Å². The minimum Gasteiger partial charge on any atom is -0.497 e. The molecule has 0 aromatic heterocycles. The molecule has 0 saturated carbocycles. The van der Waals surface area contributed by atoms with Crippen molar-refractivity contribution >= 4 is 5.97 Å². The molecule has 0 aliphatic carbocycles. The number of carbonyl (C=O) groups excluding carboxylic acids is 1. The van der Waals surface area contributed by atoms with Gasteiger partial charge in [0.25, 0.3) is 5.56 Å². The zero-order chi connectivity index (χ0) is 21.1. The van der Waals surface area contributed by atoms with Crippen LogP contribution in [0.25, 0.3) is 11.3 Å². The van der Waals surface area contributed by atoms with Gasteiger partial charge in [-0.15, -0.1) is 0 Å². The van der Waals surface area contributed by atoms with Gasteiger partial charge in [-0.2, -0.15) is 5.10 Å². The molecule has 3 heterocycles. The van der Waals surface area contributed by atoms with E-state index in [-0.39, 0.29) is 17.2 Å². The van der Waals surface area contributed by atoms with Gasteiger partial charge in [-0.05, 0) is 17.7 Å². The van der Waals surface area contributed by atoms with Crippen molar-refractivity contribution in [3.05, 3.63) is 58.1 Å². The molecule has 1 aromatic rings. The lowest BCUT2D eigenvalue weighted by atomic mass is 10.0. The second-order valence-corrected chi connectivity index (χ2v) is 7.11. The number of morpholine rings is 1. The van der Waals surface area contributed by atoms with Gasteiger partial charge in [0, 0.05) is 32.0 Å². The summed E-state index contributed by atoms with van der Waals surface area (Å²) in [6.07, 6.45) is 3.41. The predicted molar refractivity (Wildman–Crippen MR) is 109 cm³/mol. The van der Waals surface area contributed by atoms with Crippen molar-refractivity contribution in [1.82, 2.24) is 19.7 Å². The number of nitrogens with one attached hydrogen (secondary N) is 1. The van der Waals surface area contributed by atoms with Crippen LogP contribution in [-0.4, -0.2) is 66.2 Å². The largest absolute Gasteiger partial charge is 0.497 e. The number of aromatic nitrogens is 3. The van der Waals surface area contributed by atoms with Crippen LogP contribution in [0.1, 0.15) is 22.0 Å². The highest BCUT2D eigenvalue weighted by atomic mass is 16.5. The molecule has 0 bridgehead atoms. The molecule has 1 atom stereocenters. The van der Waals surface area contributed by atoms with Crippen LogP contribution in [0.4, 0.5) is 0 Å². The number of hydrogen-bond acceptors (Lipinski definition) is 7. The van der Waals surface area contributed by atoms with Gasteiger partial charge >= 0.3 is 5.97 Å². The maximum atomic E-state index is 12.3. The SMILES string of the molecule is COC(=O)c1cn(C[C@@H](c2ccc(OC)cc2)N2CCOCC2)cc2c(=O)[nH]nc1-2. The zero-order valence-electron chi connectivity index (χ0n) is 17.0. The molecule has 0 radical (unpaired) electrons. The number of carbonyl (C=O) groups is 1.